The van der Waals surface area contributed by atoms with E-state index in [0.717, 1.165) is 37.8 Å². The molecule has 1 aromatic heterocycles. The Morgan fingerprint density at radius 2 is 1.96 bits per heavy atom. The van der Waals surface area contributed by atoms with Crippen LogP contribution in [0.3, 0.4) is 0 Å². The molecule has 7 nitrogen and oxygen atoms in total. The van der Waals surface area contributed by atoms with Gasteiger partial charge in [0.15, 0.2) is 0 Å². The predicted molar refractivity (Wildman–Crippen MR) is 95.3 cm³/mol. The molecule has 0 spiro atoms. The van der Waals surface area contributed by atoms with Crippen molar-refractivity contribution in [3.63, 3.8) is 0 Å². The molecule has 0 unspecified atom stereocenters. The summed E-state index contributed by atoms with van der Waals surface area (Å²) in [4.78, 5) is 10.4. The molecule has 26 heavy (non-hydrogen) atoms. The molecule has 0 atom stereocenters. The number of halogens is 1. The van der Waals surface area contributed by atoms with E-state index in [1.807, 2.05) is 0 Å². The average Bonchev–Trinajstić information content (AvgIpc) is 3.13. The lowest BCUT2D eigenvalue weighted by Crippen LogP contribution is -2.29. The summed E-state index contributed by atoms with van der Waals surface area (Å²) in [5.74, 6) is 1.01. The summed E-state index contributed by atoms with van der Waals surface area (Å²) in [6, 6.07) is 6.98. The topological polar surface area (TPSA) is 84.4 Å². The predicted octanol–water partition coefficient (Wildman–Crippen LogP) is 1.88. The van der Waals surface area contributed by atoms with Crippen LogP contribution in [0.25, 0.3) is 0 Å². The van der Waals surface area contributed by atoms with Gasteiger partial charge in [0.1, 0.15) is 29.0 Å². The Morgan fingerprint density at radius 3 is 2.69 bits per heavy atom. The van der Waals surface area contributed by atoms with Crippen LogP contribution in [0.15, 0.2) is 35.2 Å². The number of aromatic nitrogens is 2. The zero-order valence-electron chi connectivity index (χ0n) is 14.5. The van der Waals surface area contributed by atoms with Gasteiger partial charge in [0.25, 0.3) is 0 Å². The van der Waals surface area contributed by atoms with Gasteiger partial charge >= 0.3 is 0 Å². The summed E-state index contributed by atoms with van der Waals surface area (Å²) in [5.41, 5.74) is 0. The lowest BCUT2D eigenvalue weighted by atomic mass is 10.4. The van der Waals surface area contributed by atoms with Crippen LogP contribution in [-0.2, 0) is 10.0 Å². The van der Waals surface area contributed by atoms with E-state index >= 15 is 0 Å². The van der Waals surface area contributed by atoms with Gasteiger partial charge < -0.3 is 9.64 Å². The standard InChI is InChI=1S/C17H21FN4O3S/c1-13-20-16(22-9-4-5-10-22)12-17(21-13)25-11-8-19-26(23,24)15-7-3-2-6-14(15)18/h2-3,6-7,12,19H,4-5,8-11H2,1H3. The first kappa shape index (κ1) is 18.5. The number of hydrogen-bond donors (Lipinski definition) is 1. The third-order valence-corrected chi connectivity index (χ3v) is 5.50. The SMILES string of the molecule is Cc1nc(OCCNS(=O)(=O)c2ccccc2F)cc(N2CCCC2)n1. The van der Waals surface area contributed by atoms with Crippen LogP contribution in [0, 0.1) is 12.7 Å². The van der Waals surface area contributed by atoms with Crippen LogP contribution >= 0.6 is 0 Å². The van der Waals surface area contributed by atoms with Gasteiger partial charge in [0.2, 0.25) is 15.9 Å². The Kier molecular flexibility index (Phi) is 5.67. The molecule has 9 heteroatoms. The minimum atomic E-state index is -3.92. The summed E-state index contributed by atoms with van der Waals surface area (Å²) in [7, 11) is -3.92. The molecule has 2 aromatic rings. The molecular formula is C17H21FN4O3S. The Balaban J connectivity index is 1.57. The smallest absolute Gasteiger partial charge is 0.243 e. The third kappa shape index (κ3) is 4.47. The van der Waals surface area contributed by atoms with E-state index in [4.69, 9.17) is 4.74 Å². The zero-order valence-corrected chi connectivity index (χ0v) is 15.3. The number of benzene rings is 1. The molecule has 1 aliphatic heterocycles. The zero-order chi connectivity index (χ0) is 18.6. The van der Waals surface area contributed by atoms with Crippen LogP contribution in [0.5, 0.6) is 5.88 Å². The summed E-state index contributed by atoms with van der Waals surface area (Å²) in [6.45, 7) is 3.77. The molecule has 0 radical (unpaired) electrons. The molecule has 0 aliphatic carbocycles. The highest BCUT2D eigenvalue weighted by molar-refractivity contribution is 7.89. The molecule has 0 amide bonds. The van der Waals surface area contributed by atoms with Gasteiger partial charge in [-0.05, 0) is 31.9 Å². The highest BCUT2D eigenvalue weighted by Gasteiger charge is 2.18. The van der Waals surface area contributed by atoms with E-state index in [1.165, 1.54) is 18.2 Å². The lowest BCUT2D eigenvalue weighted by Gasteiger charge is -2.17. The van der Waals surface area contributed by atoms with E-state index in [2.05, 4.69) is 19.6 Å². The monoisotopic (exact) mass is 380 g/mol. The lowest BCUT2D eigenvalue weighted by molar-refractivity contribution is 0.309. The normalized spacial score (nSPS) is 14.6. The van der Waals surface area contributed by atoms with Gasteiger partial charge in [-0.1, -0.05) is 12.1 Å². The molecule has 1 aromatic carbocycles. The van der Waals surface area contributed by atoms with Crippen molar-refractivity contribution in [3.05, 3.63) is 42.0 Å². The third-order valence-electron chi connectivity index (χ3n) is 4.00. The second-order valence-electron chi connectivity index (χ2n) is 5.98. The highest BCUT2D eigenvalue weighted by atomic mass is 32.2. The number of aryl methyl sites for hydroxylation is 1. The fourth-order valence-electron chi connectivity index (χ4n) is 2.78. The van der Waals surface area contributed by atoms with E-state index in [1.54, 1.807) is 13.0 Å². The summed E-state index contributed by atoms with van der Waals surface area (Å²) in [5, 5.41) is 0. The van der Waals surface area contributed by atoms with Crippen LogP contribution < -0.4 is 14.4 Å². The van der Waals surface area contributed by atoms with Gasteiger partial charge in [-0.25, -0.2) is 22.5 Å². The number of rotatable bonds is 7. The van der Waals surface area contributed by atoms with Gasteiger partial charge in [-0.15, -0.1) is 0 Å². The molecule has 3 rings (SSSR count). The molecule has 2 heterocycles. The first-order valence-corrected chi connectivity index (χ1v) is 9.92. The minimum absolute atomic E-state index is 0.00122. The van der Waals surface area contributed by atoms with Gasteiger partial charge in [0, 0.05) is 25.7 Å². The molecule has 1 aliphatic rings. The van der Waals surface area contributed by atoms with E-state index in [0.29, 0.717) is 11.7 Å². The summed E-state index contributed by atoms with van der Waals surface area (Å²) in [6.07, 6.45) is 2.27. The average molecular weight is 380 g/mol. The number of anilines is 1. The van der Waals surface area contributed by atoms with Crippen molar-refractivity contribution < 1.29 is 17.5 Å². The molecule has 0 bridgehead atoms. The maximum Gasteiger partial charge on any atom is 0.243 e. The quantitative estimate of drug-likeness (QED) is 0.739. The maximum absolute atomic E-state index is 13.6. The Hall–Kier alpha value is -2.26. The number of ether oxygens (including phenoxy) is 1. The number of nitrogens with one attached hydrogen (secondary N) is 1. The van der Waals surface area contributed by atoms with Crippen molar-refractivity contribution in [2.24, 2.45) is 0 Å². The van der Waals surface area contributed by atoms with Gasteiger partial charge in [0.05, 0.1) is 0 Å². The van der Waals surface area contributed by atoms with Gasteiger partial charge in [-0.3, -0.25) is 0 Å². The first-order valence-electron chi connectivity index (χ1n) is 8.43. The molecule has 140 valence electrons. The van der Waals surface area contributed by atoms with Gasteiger partial charge in [-0.2, -0.15) is 4.98 Å². The van der Waals surface area contributed by atoms with Crippen molar-refractivity contribution in [2.75, 3.05) is 31.1 Å². The molecule has 1 fully saturated rings. The van der Waals surface area contributed by atoms with Crippen molar-refractivity contribution in [2.45, 2.75) is 24.7 Å². The molecule has 0 saturated carbocycles. The fraction of sp³-hybridized carbons (Fsp3) is 0.412. The highest BCUT2D eigenvalue weighted by Crippen LogP contribution is 2.21. The van der Waals surface area contributed by atoms with Crippen molar-refractivity contribution >= 4 is 15.8 Å². The van der Waals surface area contributed by atoms with Crippen molar-refractivity contribution in [1.82, 2.24) is 14.7 Å². The summed E-state index contributed by atoms with van der Waals surface area (Å²) >= 11 is 0. The van der Waals surface area contributed by atoms with Crippen LogP contribution in [0.2, 0.25) is 0 Å². The molecular weight excluding hydrogens is 359 g/mol. The van der Waals surface area contributed by atoms with E-state index in [-0.39, 0.29) is 18.0 Å². The fourth-order valence-corrected chi connectivity index (χ4v) is 3.87. The molecule has 1 N–H and O–H groups in total. The Labute approximate surface area is 152 Å². The van der Waals surface area contributed by atoms with E-state index < -0.39 is 15.8 Å². The van der Waals surface area contributed by atoms with Crippen molar-refractivity contribution in [1.29, 1.82) is 0 Å². The Morgan fingerprint density at radius 1 is 1.23 bits per heavy atom. The first-order chi connectivity index (χ1) is 12.5. The molecule has 1 saturated heterocycles. The van der Waals surface area contributed by atoms with Crippen LogP contribution in [-0.4, -0.2) is 44.6 Å². The maximum atomic E-state index is 13.6. The second kappa shape index (κ2) is 7.96. The summed E-state index contributed by atoms with van der Waals surface area (Å²) < 4.78 is 45.7. The van der Waals surface area contributed by atoms with Crippen LogP contribution in [0.1, 0.15) is 18.7 Å². The number of sulfonamides is 1. The minimum Gasteiger partial charge on any atom is -0.476 e. The Bertz CT molecular complexity index is 870. The van der Waals surface area contributed by atoms with Crippen molar-refractivity contribution in [3.8, 4) is 5.88 Å². The second-order valence-corrected chi connectivity index (χ2v) is 7.72. The number of nitrogens with zero attached hydrogens (tertiary/aromatic N) is 3. The van der Waals surface area contributed by atoms with Crippen LogP contribution in [0.4, 0.5) is 10.2 Å². The van der Waals surface area contributed by atoms with E-state index in [9.17, 15) is 12.8 Å². The largest absolute Gasteiger partial charge is 0.476 e. The number of hydrogen-bond acceptors (Lipinski definition) is 6.